The molecule has 0 atom stereocenters. The third kappa shape index (κ3) is 4.77. The van der Waals surface area contributed by atoms with Crippen molar-refractivity contribution in [3.05, 3.63) is 194 Å². The molecule has 274 valence electrons. The Labute approximate surface area is 342 Å². The lowest BCUT2D eigenvalue weighted by atomic mass is 10.0. The first-order valence-electron chi connectivity index (χ1n) is 20.0. The van der Waals surface area contributed by atoms with Crippen molar-refractivity contribution in [3.8, 4) is 34.0 Å². The van der Waals surface area contributed by atoms with Crippen LogP contribution in [0.2, 0.25) is 0 Å². The van der Waals surface area contributed by atoms with Crippen LogP contribution in [-0.2, 0) is 0 Å². The van der Waals surface area contributed by atoms with Gasteiger partial charge in [0.2, 0.25) is 0 Å². The van der Waals surface area contributed by atoms with E-state index in [1.807, 2.05) is 11.3 Å². The fraction of sp³-hybridized carbons (Fsp3) is 0. The Balaban J connectivity index is 1.14. The molecular formula is C54H32N4S. The maximum atomic E-state index is 5.67. The third-order valence-electron chi connectivity index (χ3n) is 12.1. The van der Waals surface area contributed by atoms with Crippen LogP contribution < -0.4 is 0 Å². The first kappa shape index (κ1) is 32.5. The molecule has 13 aromatic rings. The van der Waals surface area contributed by atoms with Gasteiger partial charge in [-0.3, -0.25) is 4.57 Å². The van der Waals surface area contributed by atoms with Gasteiger partial charge in [0.1, 0.15) is 5.82 Å². The molecule has 0 saturated heterocycles. The summed E-state index contributed by atoms with van der Waals surface area (Å²) in [4.78, 5) is 11.1. The van der Waals surface area contributed by atoms with E-state index in [1.165, 1.54) is 74.6 Å². The summed E-state index contributed by atoms with van der Waals surface area (Å²) in [5.74, 6) is 1.57. The number of aromatic nitrogens is 4. The van der Waals surface area contributed by atoms with Crippen LogP contribution >= 0.6 is 11.3 Å². The molecule has 5 heteroatoms. The molecule has 59 heavy (non-hydrogen) atoms. The number of benzene rings is 9. The zero-order valence-corrected chi connectivity index (χ0v) is 32.5. The molecule has 0 unspecified atom stereocenters. The van der Waals surface area contributed by atoms with Crippen molar-refractivity contribution >= 4 is 96.8 Å². The van der Waals surface area contributed by atoms with Gasteiger partial charge in [-0.1, -0.05) is 140 Å². The Bertz CT molecular complexity index is 3850. The summed E-state index contributed by atoms with van der Waals surface area (Å²) < 4.78 is 7.21. The van der Waals surface area contributed by atoms with E-state index in [9.17, 15) is 0 Å². The van der Waals surface area contributed by atoms with E-state index in [-0.39, 0.29) is 0 Å². The van der Waals surface area contributed by atoms with Crippen molar-refractivity contribution in [2.45, 2.75) is 0 Å². The van der Waals surface area contributed by atoms with Gasteiger partial charge in [-0.25, -0.2) is 9.97 Å². The maximum absolute atomic E-state index is 5.67. The second kappa shape index (κ2) is 12.4. The van der Waals surface area contributed by atoms with Crippen molar-refractivity contribution in [1.29, 1.82) is 0 Å². The number of thiophene rings is 1. The molecule has 13 rings (SSSR count). The molecule has 9 aromatic carbocycles. The number of nitrogens with zero attached hydrogens (tertiary/aromatic N) is 4. The zero-order chi connectivity index (χ0) is 38.6. The summed E-state index contributed by atoms with van der Waals surface area (Å²) in [7, 11) is 0. The minimum absolute atomic E-state index is 0.702. The monoisotopic (exact) mass is 768 g/mol. The van der Waals surface area contributed by atoms with Gasteiger partial charge in [0.05, 0.1) is 27.6 Å². The predicted molar refractivity (Wildman–Crippen MR) is 249 cm³/mol. The summed E-state index contributed by atoms with van der Waals surface area (Å²) in [6, 6.07) is 70.1. The molecule has 0 fully saturated rings. The zero-order valence-electron chi connectivity index (χ0n) is 31.7. The van der Waals surface area contributed by atoms with Gasteiger partial charge >= 0.3 is 0 Å². The van der Waals surface area contributed by atoms with Crippen molar-refractivity contribution < 1.29 is 0 Å². The summed E-state index contributed by atoms with van der Waals surface area (Å²) in [6.45, 7) is 0. The predicted octanol–water partition coefficient (Wildman–Crippen LogP) is 14.7. The first-order valence-corrected chi connectivity index (χ1v) is 20.8. The summed E-state index contributed by atoms with van der Waals surface area (Å²) >= 11 is 1.82. The Morgan fingerprint density at radius 2 is 1.07 bits per heavy atom. The fourth-order valence-electron chi connectivity index (χ4n) is 9.48. The summed E-state index contributed by atoms with van der Waals surface area (Å²) in [5, 5.41) is 10.8. The third-order valence-corrected chi connectivity index (χ3v) is 13.3. The lowest BCUT2D eigenvalue weighted by molar-refractivity contribution is 1.08. The highest BCUT2D eigenvalue weighted by molar-refractivity contribution is 7.26. The van der Waals surface area contributed by atoms with Gasteiger partial charge in [0.15, 0.2) is 5.82 Å². The van der Waals surface area contributed by atoms with E-state index in [2.05, 4.69) is 203 Å². The number of fused-ring (bicyclic) bond motifs is 12. The Morgan fingerprint density at radius 1 is 0.390 bits per heavy atom. The average molecular weight is 769 g/mol. The van der Waals surface area contributed by atoms with Gasteiger partial charge in [-0.15, -0.1) is 11.3 Å². The molecule has 0 aliphatic heterocycles. The van der Waals surface area contributed by atoms with Crippen LogP contribution in [-0.4, -0.2) is 19.1 Å². The largest absolute Gasteiger partial charge is 0.309 e. The minimum Gasteiger partial charge on any atom is -0.309 e. The van der Waals surface area contributed by atoms with Crippen molar-refractivity contribution in [2.75, 3.05) is 0 Å². The lowest BCUT2D eigenvalue weighted by Crippen LogP contribution is -2.03. The van der Waals surface area contributed by atoms with E-state index in [0.717, 1.165) is 39.0 Å². The molecule has 4 aromatic heterocycles. The standard InChI is InChI=1S/C54H32N4S/c1-2-14-33(15-3-1)35-26-28-39-38-18-7-11-23-46(38)58(49(39)30-35)54-41-20-6-10-22-45(41)55-53(56-54)44-32-36(31-43-40-19-9-13-25-50(40)59-52(43)44)57-47-24-12-8-21-42(47)51-37-17-5-4-16-34(37)27-29-48(51)57/h1-32H. The topological polar surface area (TPSA) is 35.6 Å². The van der Waals surface area contributed by atoms with Crippen molar-refractivity contribution in [1.82, 2.24) is 19.1 Å². The van der Waals surface area contributed by atoms with Crippen LogP contribution in [0.3, 0.4) is 0 Å². The molecule has 0 bridgehead atoms. The molecular weight excluding hydrogens is 737 g/mol. The van der Waals surface area contributed by atoms with Gasteiger partial charge in [0, 0.05) is 58.4 Å². The van der Waals surface area contributed by atoms with E-state index < -0.39 is 0 Å². The van der Waals surface area contributed by atoms with Crippen LogP contribution in [0.15, 0.2) is 194 Å². The molecule has 0 spiro atoms. The van der Waals surface area contributed by atoms with Crippen LogP contribution in [0.1, 0.15) is 0 Å². The Kier molecular flexibility index (Phi) is 6.85. The Hall–Kier alpha value is -7.60. The van der Waals surface area contributed by atoms with Gasteiger partial charge in [-0.05, 0) is 76.5 Å². The second-order valence-electron chi connectivity index (χ2n) is 15.3. The van der Waals surface area contributed by atoms with Crippen LogP contribution in [0, 0.1) is 0 Å². The van der Waals surface area contributed by atoms with Gasteiger partial charge in [0.25, 0.3) is 0 Å². The molecule has 0 N–H and O–H groups in total. The molecule has 0 saturated carbocycles. The summed E-state index contributed by atoms with van der Waals surface area (Å²) in [6.07, 6.45) is 0. The highest BCUT2D eigenvalue weighted by Crippen LogP contribution is 2.44. The quantitative estimate of drug-likeness (QED) is 0.179. The summed E-state index contributed by atoms with van der Waals surface area (Å²) in [5.41, 5.74) is 9.92. The van der Waals surface area contributed by atoms with Crippen LogP contribution in [0.4, 0.5) is 0 Å². The van der Waals surface area contributed by atoms with Gasteiger partial charge in [-0.2, -0.15) is 0 Å². The smallest absolute Gasteiger partial charge is 0.163 e. The first-order chi connectivity index (χ1) is 29.3. The molecule has 4 nitrogen and oxygen atoms in total. The Morgan fingerprint density at radius 3 is 1.93 bits per heavy atom. The van der Waals surface area contributed by atoms with Crippen molar-refractivity contribution in [2.24, 2.45) is 0 Å². The van der Waals surface area contributed by atoms with Crippen LogP contribution in [0.25, 0.3) is 119 Å². The van der Waals surface area contributed by atoms with Crippen LogP contribution in [0.5, 0.6) is 0 Å². The maximum Gasteiger partial charge on any atom is 0.163 e. The molecule has 0 aliphatic carbocycles. The van der Waals surface area contributed by atoms with E-state index in [1.54, 1.807) is 0 Å². The fourth-order valence-corrected chi connectivity index (χ4v) is 10.7. The number of hydrogen-bond donors (Lipinski definition) is 0. The normalized spacial score (nSPS) is 12.1. The van der Waals surface area contributed by atoms with Gasteiger partial charge < -0.3 is 4.57 Å². The number of para-hydroxylation sites is 3. The van der Waals surface area contributed by atoms with E-state index >= 15 is 0 Å². The molecule has 0 amide bonds. The lowest BCUT2D eigenvalue weighted by Gasteiger charge is -2.15. The number of hydrogen-bond acceptors (Lipinski definition) is 3. The van der Waals surface area contributed by atoms with E-state index in [0.29, 0.717) is 5.82 Å². The van der Waals surface area contributed by atoms with Crippen molar-refractivity contribution in [3.63, 3.8) is 0 Å². The molecule has 0 radical (unpaired) electrons. The second-order valence-corrected chi connectivity index (χ2v) is 16.4. The SMILES string of the molecule is c1ccc(-c2ccc3c4ccccc4n(-c4nc(-c5cc(-n6c7ccccc7c7c8ccccc8ccc76)cc6c5sc5ccccc56)nc5ccccc45)c3c2)cc1. The molecule has 0 aliphatic rings. The highest BCUT2D eigenvalue weighted by atomic mass is 32.1. The number of rotatable bonds is 4. The minimum atomic E-state index is 0.702. The molecule has 4 heterocycles. The van der Waals surface area contributed by atoms with E-state index in [4.69, 9.17) is 9.97 Å². The highest BCUT2D eigenvalue weighted by Gasteiger charge is 2.22. The average Bonchev–Trinajstić information content (AvgIpc) is 3.96.